The number of hydrogen-bond acceptors (Lipinski definition) is 5. The maximum Gasteiger partial charge on any atom is 0.0538 e. The van der Waals surface area contributed by atoms with Gasteiger partial charge in [-0.2, -0.15) is 5.10 Å². The second-order valence-corrected chi connectivity index (χ2v) is 5.88. The summed E-state index contributed by atoms with van der Waals surface area (Å²) < 4.78 is 1.85. The third-order valence-electron chi connectivity index (χ3n) is 4.04. The predicted octanol–water partition coefficient (Wildman–Crippen LogP) is -0.401. The summed E-state index contributed by atoms with van der Waals surface area (Å²) in [5, 5.41) is 4.26. The summed E-state index contributed by atoms with van der Waals surface area (Å²) in [6.45, 7) is 7.37. The molecule has 0 spiro atoms. The standard InChI is InChI=1S/C14H28N6/c1-17(2)4-5-19-6-8-20(9-7-19)14(10-15)13-11-16-18(3)12-13/h11-12,14H,4-10,15H2,1-3H3. The van der Waals surface area contributed by atoms with Crippen LogP contribution in [0.15, 0.2) is 12.4 Å². The van der Waals surface area contributed by atoms with E-state index in [-0.39, 0.29) is 0 Å². The van der Waals surface area contributed by atoms with Crippen molar-refractivity contribution in [3.05, 3.63) is 18.0 Å². The van der Waals surface area contributed by atoms with Gasteiger partial charge in [0.05, 0.1) is 12.2 Å². The Morgan fingerprint density at radius 2 is 2.00 bits per heavy atom. The van der Waals surface area contributed by atoms with E-state index in [4.69, 9.17) is 5.73 Å². The number of aromatic nitrogens is 2. The third-order valence-corrected chi connectivity index (χ3v) is 4.04. The zero-order valence-electron chi connectivity index (χ0n) is 13.0. The molecule has 0 bridgehead atoms. The largest absolute Gasteiger partial charge is 0.329 e. The summed E-state index contributed by atoms with van der Waals surface area (Å²) in [7, 11) is 6.21. The Bertz CT molecular complexity index is 394. The first-order valence-electron chi connectivity index (χ1n) is 7.40. The van der Waals surface area contributed by atoms with Gasteiger partial charge in [0.25, 0.3) is 0 Å². The van der Waals surface area contributed by atoms with Crippen molar-refractivity contribution in [1.29, 1.82) is 0 Å². The van der Waals surface area contributed by atoms with Gasteiger partial charge in [0.15, 0.2) is 0 Å². The third kappa shape index (κ3) is 4.02. The SMILES string of the molecule is CN(C)CCN1CCN(C(CN)c2cnn(C)c2)CC1. The van der Waals surface area contributed by atoms with Crippen LogP contribution in [0.2, 0.25) is 0 Å². The van der Waals surface area contributed by atoms with Gasteiger partial charge in [-0.3, -0.25) is 14.5 Å². The lowest BCUT2D eigenvalue weighted by atomic mass is 10.1. The monoisotopic (exact) mass is 280 g/mol. The van der Waals surface area contributed by atoms with Gasteiger partial charge < -0.3 is 10.6 Å². The van der Waals surface area contributed by atoms with Crippen molar-refractivity contribution in [3.8, 4) is 0 Å². The van der Waals surface area contributed by atoms with Crippen molar-refractivity contribution in [2.75, 3.05) is 59.9 Å². The molecule has 6 nitrogen and oxygen atoms in total. The molecule has 1 saturated heterocycles. The first-order chi connectivity index (χ1) is 9.60. The quantitative estimate of drug-likeness (QED) is 0.768. The molecule has 0 radical (unpaired) electrons. The molecule has 1 atom stereocenters. The highest BCUT2D eigenvalue weighted by molar-refractivity contribution is 5.11. The molecule has 6 heteroatoms. The van der Waals surface area contributed by atoms with Gasteiger partial charge >= 0.3 is 0 Å². The van der Waals surface area contributed by atoms with E-state index in [2.05, 4.69) is 40.1 Å². The molecule has 1 unspecified atom stereocenters. The van der Waals surface area contributed by atoms with Crippen molar-refractivity contribution in [2.24, 2.45) is 12.8 Å². The minimum absolute atomic E-state index is 0.305. The van der Waals surface area contributed by atoms with Crippen molar-refractivity contribution < 1.29 is 0 Å². The summed E-state index contributed by atoms with van der Waals surface area (Å²) in [6, 6.07) is 0.305. The molecule has 20 heavy (non-hydrogen) atoms. The highest BCUT2D eigenvalue weighted by atomic mass is 15.3. The summed E-state index contributed by atoms with van der Waals surface area (Å²) in [5.41, 5.74) is 7.21. The lowest BCUT2D eigenvalue weighted by Gasteiger charge is -2.39. The smallest absolute Gasteiger partial charge is 0.0538 e. The Hall–Kier alpha value is -0.950. The first-order valence-corrected chi connectivity index (χ1v) is 7.40. The molecule has 2 heterocycles. The van der Waals surface area contributed by atoms with Crippen molar-refractivity contribution in [3.63, 3.8) is 0 Å². The van der Waals surface area contributed by atoms with Gasteiger partial charge in [0, 0.05) is 64.6 Å². The van der Waals surface area contributed by atoms with Crippen LogP contribution in [0.3, 0.4) is 0 Å². The fourth-order valence-electron chi connectivity index (χ4n) is 2.75. The van der Waals surface area contributed by atoms with E-state index in [1.165, 1.54) is 5.56 Å². The Morgan fingerprint density at radius 3 is 2.50 bits per heavy atom. The second-order valence-electron chi connectivity index (χ2n) is 5.88. The number of likely N-dealkylation sites (N-methyl/N-ethyl adjacent to an activating group) is 1. The van der Waals surface area contributed by atoms with Gasteiger partial charge in [-0.15, -0.1) is 0 Å². The van der Waals surface area contributed by atoms with E-state index in [9.17, 15) is 0 Å². The van der Waals surface area contributed by atoms with Crippen molar-refractivity contribution >= 4 is 0 Å². The Kier molecular flexibility index (Phi) is 5.54. The molecule has 2 N–H and O–H groups in total. The highest BCUT2D eigenvalue weighted by Gasteiger charge is 2.24. The maximum atomic E-state index is 5.98. The van der Waals surface area contributed by atoms with Gasteiger partial charge in [-0.25, -0.2) is 0 Å². The van der Waals surface area contributed by atoms with Crippen LogP contribution in [-0.4, -0.2) is 84.4 Å². The lowest BCUT2D eigenvalue weighted by molar-refractivity contribution is 0.0940. The van der Waals surface area contributed by atoms with E-state index in [1.54, 1.807) is 0 Å². The molecule has 0 amide bonds. The van der Waals surface area contributed by atoms with Crippen LogP contribution in [0.5, 0.6) is 0 Å². The average Bonchev–Trinajstić information content (AvgIpc) is 2.85. The van der Waals surface area contributed by atoms with Crippen LogP contribution in [0.1, 0.15) is 11.6 Å². The molecule has 114 valence electrons. The van der Waals surface area contributed by atoms with Crippen LogP contribution in [0.4, 0.5) is 0 Å². The van der Waals surface area contributed by atoms with Crippen molar-refractivity contribution in [1.82, 2.24) is 24.5 Å². The maximum absolute atomic E-state index is 5.98. The molecule has 1 fully saturated rings. The lowest BCUT2D eigenvalue weighted by Crippen LogP contribution is -2.50. The number of hydrogen-bond donors (Lipinski definition) is 1. The number of rotatable bonds is 6. The molecule has 0 saturated carbocycles. The van der Waals surface area contributed by atoms with Gasteiger partial charge in [0.1, 0.15) is 0 Å². The zero-order valence-corrected chi connectivity index (χ0v) is 13.0. The van der Waals surface area contributed by atoms with Gasteiger partial charge in [-0.05, 0) is 14.1 Å². The minimum Gasteiger partial charge on any atom is -0.329 e. The molecule has 2 rings (SSSR count). The van der Waals surface area contributed by atoms with E-state index < -0.39 is 0 Å². The number of aryl methyl sites for hydroxylation is 1. The molecule has 0 aliphatic carbocycles. The van der Waals surface area contributed by atoms with E-state index >= 15 is 0 Å². The molecule has 0 aromatic carbocycles. The molecule has 1 aliphatic heterocycles. The summed E-state index contributed by atoms with van der Waals surface area (Å²) in [5.74, 6) is 0. The van der Waals surface area contributed by atoms with Crippen molar-refractivity contribution in [2.45, 2.75) is 6.04 Å². The molecule has 1 aromatic heterocycles. The first kappa shape index (κ1) is 15.4. The Balaban J connectivity index is 1.85. The molecular formula is C14H28N6. The van der Waals surface area contributed by atoms with Crippen LogP contribution in [-0.2, 0) is 7.05 Å². The number of nitrogens with zero attached hydrogens (tertiary/aromatic N) is 5. The molecule has 1 aliphatic rings. The normalized spacial score (nSPS) is 19.6. The Morgan fingerprint density at radius 1 is 1.30 bits per heavy atom. The topological polar surface area (TPSA) is 53.6 Å². The highest BCUT2D eigenvalue weighted by Crippen LogP contribution is 2.20. The zero-order chi connectivity index (χ0) is 14.5. The van der Waals surface area contributed by atoms with Crippen LogP contribution >= 0.6 is 0 Å². The summed E-state index contributed by atoms with van der Waals surface area (Å²) in [4.78, 5) is 7.27. The van der Waals surface area contributed by atoms with Crippen LogP contribution < -0.4 is 5.73 Å². The number of piperazine rings is 1. The van der Waals surface area contributed by atoms with E-state index in [1.807, 2.05) is 17.9 Å². The fraction of sp³-hybridized carbons (Fsp3) is 0.786. The molecular weight excluding hydrogens is 252 g/mol. The average molecular weight is 280 g/mol. The molecule has 1 aromatic rings. The van der Waals surface area contributed by atoms with Gasteiger partial charge in [-0.1, -0.05) is 0 Å². The number of nitrogens with two attached hydrogens (primary N) is 1. The summed E-state index contributed by atoms with van der Waals surface area (Å²) in [6.07, 6.45) is 4.02. The predicted molar refractivity (Wildman–Crippen MR) is 81.6 cm³/mol. The van der Waals surface area contributed by atoms with Gasteiger partial charge in [0.2, 0.25) is 0 Å². The Labute approximate surface area is 122 Å². The van der Waals surface area contributed by atoms with Crippen LogP contribution in [0, 0.1) is 0 Å². The second kappa shape index (κ2) is 7.17. The minimum atomic E-state index is 0.305. The van der Waals surface area contributed by atoms with E-state index in [0.29, 0.717) is 12.6 Å². The fourth-order valence-corrected chi connectivity index (χ4v) is 2.75. The van der Waals surface area contributed by atoms with E-state index in [0.717, 1.165) is 39.3 Å². The summed E-state index contributed by atoms with van der Waals surface area (Å²) >= 11 is 0. The van der Waals surface area contributed by atoms with Crippen LogP contribution in [0.25, 0.3) is 0 Å².